The van der Waals surface area contributed by atoms with Crippen LogP contribution in [0.4, 0.5) is 5.69 Å². The number of amides is 5. The molecule has 5 unspecified atom stereocenters. The summed E-state index contributed by atoms with van der Waals surface area (Å²) in [6.07, 6.45) is 2.10. The molecule has 20 nitrogen and oxygen atoms in total. The minimum absolute atomic E-state index is 0.0154. The van der Waals surface area contributed by atoms with Gasteiger partial charge in [0.1, 0.15) is 18.7 Å². The second kappa shape index (κ2) is 23.9. The number of hydrazine groups is 1. The number of aryl methyl sites for hydroxylation is 1. The summed E-state index contributed by atoms with van der Waals surface area (Å²) in [5.41, 5.74) is 7.21. The van der Waals surface area contributed by atoms with Gasteiger partial charge in [0.05, 0.1) is 43.1 Å². The maximum Gasteiger partial charge on any atom is 0.332 e. The molecule has 0 aliphatic carbocycles. The first-order chi connectivity index (χ1) is 29.5. The van der Waals surface area contributed by atoms with E-state index in [4.69, 9.17) is 30.5 Å². The predicted molar refractivity (Wildman–Crippen MR) is 228 cm³/mol. The Morgan fingerprint density at radius 3 is 2.32 bits per heavy atom. The van der Waals surface area contributed by atoms with Crippen molar-refractivity contribution < 1.29 is 62.7 Å². The molecule has 1 aromatic rings. The summed E-state index contributed by atoms with van der Waals surface area (Å²) in [7, 11) is 0. The zero-order valence-electron chi connectivity index (χ0n) is 37.2. The van der Waals surface area contributed by atoms with Crippen LogP contribution < -0.4 is 27.5 Å². The molecule has 63 heavy (non-hydrogen) atoms. The number of carbonyl (C=O) groups excluding carboxylic acids is 6. The number of ether oxygens (including phenoxy) is 4. The van der Waals surface area contributed by atoms with Crippen LogP contribution in [0.15, 0.2) is 42.2 Å². The van der Waals surface area contributed by atoms with Crippen LogP contribution in [0.3, 0.4) is 0 Å². The van der Waals surface area contributed by atoms with Gasteiger partial charge in [-0.15, -0.1) is 0 Å². The van der Waals surface area contributed by atoms with E-state index in [0.717, 1.165) is 17.1 Å². The zero-order valence-corrected chi connectivity index (χ0v) is 37.2. The topological polar surface area (TPSA) is 291 Å². The average Bonchev–Trinajstić information content (AvgIpc) is 3.52. The Hall–Kier alpha value is -5.41. The van der Waals surface area contributed by atoms with Gasteiger partial charge in [-0.1, -0.05) is 19.9 Å². The molecule has 9 N–H and O–H groups in total. The number of aliphatic hydroxyl groups excluding tert-OH is 1. The van der Waals surface area contributed by atoms with Gasteiger partial charge < -0.3 is 55.9 Å². The molecule has 0 saturated carbocycles. The number of rotatable bonds is 25. The molecule has 5 atom stereocenters. The van der Waals surface area contributed by atoms with Crippen LogP contribution >= 0.6 is 0 Å². The summed E-state index contributed by atoms with van der Waals surface area (Å²) in [6, 6.07) is 2.21. The Bertz CT molecular complexity index is 1830. The van der Waals surface area contributed by atoms with Crippen LogP contribution in [0.25, 0.3) is 0 Å². The van der Waals surface area contributed by atoms with Crippen molar-refractivity contribution in [1.29, 1.82) is 0 Å². The molecule has 0 aromatic heterocycles. The first-order valence-electron chi connectivity index (χ1n) is 20.9. The van der Waals surface area contributed by atoms with Gasteiger partial charge in [-0.3, -0.25) is 33.7 Å². The highest BCUT2D eigenvalue weighted by Gasteiger charge is 2.38. The van der Waals surface area contributed by atoms with Gasteiger partial charge in [0.2, 0.25) is 17.7 Å². The fourth-order valence-electron chi connectivity index (χ4n) is 6.80. The number of carbonyl (C=O) groups is 7. The Kier molecular flexibility index (Phi) is 19.7. The number of nitrogens with one attached hydrogen (secondary N) is 3. The SMILES string of the molecule is CC(C)C(NC(=O)C(C/C(N)=C/N(N)CCOC(C)(C)CCOC(C)(C)C)N1C(=O)C=CC1=O)C(=O)NCC(=O)Nc1ccc(COC=O)c(CCC2CC(O)CC(C(=O)O)O2)c1. The van der Waals surface area contributed by atoms with E-state index in [0.29, 0.717) is 49.2 Å². The molecule has 0 radical (unpaired) electrons. The molecule has 1 saturated heterocycles. The predicted octanol–water partition coefficient (Wildman–Crippen LogP) is 1.14. The number of nitrogens with two attached hydrogens (primary N) is 2. The number of benzene rings is 1. The van der Waals surface area contributed by atoms with Gasteiger partial charge in [-0.25, -0.2) is 10.6 Å². The Balaban J connectivity index is 1.63. The van der Waals surface area contributed by atoms with Crippen LogP contribution in [0, 0.1) is 5.92 Å². The maximum absolute atomic E-state index is 13.8. The summed E-state index contributed by atoms with van der Waals surface area (Å²) in [4.78, 5) is 89.0. The van der Waals surface area contributed by atoms with E-state index in [2.05, 4.69) is 16.0 Å². The molecule has 2 heterocycles. The van der Waals surface area contributed by atoms with Crippen LogP contribution in [0.1, 0.15) is 91.7 Å². The van der Waals surface area contributed by atoms with E-state index in [9.17, 15) is 43.8 Å². The Morgan fingerprint density at radius 1 is 1.02 bits per heavy atom. The number of imide groups is 1. The summed E-state index contributed by atoms with van der Waals surface area (Å²) >= 11 is 0. The van der Waals surface area contributed by atoms with Crippen LogP contribution in [-0.4, -0.2) is 130 Å². The highest BCUT2D eigenvalue weighted by Crippen LogP contribution is 2.26. The van der Waals surface area contributed by atoms with E-state index >= 15 is 0 Å². The van der Waals surface area contributed by atoms with E-state index in [1.54, 1.807) is 32.0 Å². The quantitative estimate of drug-likeness (QED) is 0.0314. The molecular weight excluding hydrogens is 823 g/mol. The lowest BCUT2D eigenvalue weighted by molar-refractivity contribution is -0.166. The van der Waals surface area contributed by atoms with Gasteiger partial charge in [0.15, 0.2) is 6.10 Å². The van der Waals surface area contributed by atoms with Crippen molar-refractivity contribution >= 4 is 47.7 Å². The summed E-state index contributed by atoms with van der Waals surface area (Å²) < 4.78 is 22.4. The molecule has 3 rings (SSSR count). The number of aliphatic hydroxyl groups is 1. The van der Waals surface area contributed by atoms with Crippen molar-refractivity contribution in [3.63, 3.8) is 0 Å². The molecule has 1 fully saturated rings. The Morgan fingerprint density at radius 2 is 1.70 bits per heavy atom. The van der Waals surface area contributed by atoms with Gasteiger partial charge in [-0.05, 0) is 89.5 Å². The second-order valence-electron chi connectivity index (χ2n) is 17.5. The molecule has 2 aliphatic rings. The minimum Gasteiger partial charge on any atom is -0.479 e. The summed E-state index contributed by atoms with van der Waals surface area (Å²) in [6.45, 7) is 13.8. The lowest BCUT2D eigenvalue weighted by Crippen LogP contribution is -2.57. The molecule has 350 valence electrons. The van der Waals surface area contributed by atoms with Crippen LogP contribution in [-0.2, 0) is 65.5 Å². The van der Waals surface area contributed by atoms with E-state index in [1.807, 2.05) is 34.6 Å². The van der Waals surface area contributed by atoms with Crippen molar-refractivity contribution in [2.75, 3.05) is 31.6 Å². The van der Waals surface area contributed by atoms with Crippen molar-refractivity contribution in [2.45, 2.75) is 135 Å². The number of aliphatic carboxylic acids is 1. The minimum atomic E-state index is -1.46. The van der Waals surface area contributed by atoms with E-state index in [-0.39, 0.29) is 50.3 Å². The molecule has 5 amide bonds. The lowest BCUT2D eigenvalue weighted by atomic mass is 9.94. The maximum atomic E-state index is 13.8. The van der Waals surface area contributed by atoms with Crippen molar-refractivity contribution in [1.82, 2.24) is 20.5 Å². The molecular formula is C43H65N7O13. The third-order valence-corrected chi connectivity index (χ3v) is 10.2. The number of anilines is 1. The molecule has 0 spiro atoms. The van der Waals surface area contributed by atoms with Gasteiger partial charge in [-0.2, -0.15) is 0 Å². The second-order valence-corrected chi connectivity index (χ2v) is 17.5. The Labute approximate surface area is 368 Å². The third kappa shape index (κ3) is 17.7. The van der Waals surface area contributed by atoms with E-state index in [1.165, 1.54) is 11.2 Å². The lowest BCUT2D eigenvalue weighted by Gasteiger charge is -2.31. The fourth-order valence-corrected chi connectivity index (χ4v) is 6.80. The van der Waals surface area contributed by atoms with Crippen LogP contribution in [0.2, 0.25) is 0 Å². The molecule has 0 bridgehead atoms. The van der Waals surface area contributed by atoms with Crippen molar-refractivity contribution in [2.24, 2.45) is 17.5 Å². The summed E-state index contributed by atoms with van der Waals surface area (Å²) in [5.74, 6) is 0.807. The van der Waals surface area contributed by atoms with E-state index < -0.39 is 84.0 Å². The number of carboxylic acid groups (broad SMARTS) is 1. The first kappa shape index (κ1) is 51.9. The monoisotopic (exact) mass is 887 g/mol. The number of hydrogen-bond acceptors (Lipinski definition) is 15. The smallest absolute Gasteiger partial charge is 0.332 e. The number of carboxylic acids is 1. The first-order valence-corrected chi connectivity index (χ1v) is 20.9. The molecule has 20 heteroatoms. The largest absolute Gasteiger partial charge is 0.479 e. The normalized spacial score (nSPS) is 19.1. The highest BCUT2D eigenvalue weighted by atomic mass is 16.5. The third-order valence-electron chi connectivity index (χ3n) is 10.2. The molecule has 2 aliphatic heterocycles. The average molecular weight is 888 g/mol. The highest BCUT2D eigenvalue weighted by molar-refractivity contribution is 6.15. The van der Waals surface area contributed by atoms with Gasteiger partial charge in [0.25, 0.3) is 18.3 Å². The fraction of sp³-hybridized carbons (Fsp3) is 0.605. The number of nitrogens with zero attached hydrogens (tertiary/aromatic N) is 2. The van der Waals surface area contributed by atoms with Gasteiger partial charge >= 0.3 is 5.97 Å². The van der Waals surface area contributed by atoms with Crippen molar-refractivity contribution in [3.05, 3.63) is 53.4 Å². The number of hydrogen-bond donors (Lipinski definition) is 7. The summed E-state index contributed by atoms with van der Waals surface area (Å²) in [5, 5.41) is 28.6. The van der Waals surface area contributed by atoms with Gasteiger partial charge in [0, 0.05) is 49.2 Å². The zero-order chi connectivity index (χ0) is 47.1. The van der Waals surface area contributed by atoms with Crippen LogP contribution in [0.5, 0.6) is 0 Å². The standard InChI is InChI=1S/C43H65N7O13/c1-26(2)38(40(57)46-22-35(53)47-30-10-8-28(24-60-25-51)27(18-30)9-11-32-20-31(52)21-34(63-32)41(58)59)48-39(56)33(50-36(54)12-13-37(50)55)19-29(44)23-49(45)15-17-62-43(6,7)14-16-61-42(3,4)5/h8,10,12-13,18,23,25-26,31-34,38,52H,9,11,14-17,19-22,24,44-45H2,1-7H3,(H,46,57)(H,47,53)(H,48,56)(H,58,59)/b29-23-. The molecule has 1 aromatic carbocycles. The van der Waals surface area contributed by atoms with Crippen molar-refractivity contribution in [3.8, 4) is 0 Å².